The van der Waals surface area contributed by atoms with Crippen LogP contribution in [-0.2, 0) is 30.0 Å². The molecular formula is C82H74Br6F8LiN8NaO3. The number of hydrogen-bond donors (Lipinski definition) is 2. The minimum Gasteiger partial charge on any atom is -1.00 e. The predicted molar refractivity (Wildman–Crippen MR) is 440 cm³/mol. The summed E-state index contributed by atoms with van der Waals surface area (Å²) in [5, 5.41) is 25.4. The zero-order chi connectivity index (χ0) is 77.6. The molecule has 1 unspecified atom stereocenters. The second-order valence-corrected chi connectivity index (χ2v) is 28.9. The molecule has 1 atom stereocenters. The number of aromatic amines is 1. The maximum atomic E-state index is 14.6. The van der Waals surface area contributed by atoms with Crippen molar-refractivity contribution in [2.75, 3.05) is 18.5 Å². The summed E-state index contributed by atoms with van der Waals surface area (Å²) >= 11 is 20.0. The topological polar surface area (TPSA) is 113 Å². The molecule has 2 N–H and O–H groups in total. The Labute approximate surface area is 712 Å². The number of Topliss-reactive ketones (excluding diaryl/α,β-unsaturated/α-hetero) is 1. The van der Waals surface area contributed by atoms with E-state index in [1.165, 1.54) is 125 Å². The van der Waals surface area contributed by atoms with Gasteiger partial charge < -0.3 is 36.9 Å². The second kappa shape index (κ2) is 43.4. The van der Waals surface area contributed by atoms with Crippen LogP contribution in [0.2, 0.25) is 0 Å². The summed E-state index contributed by atoms with van der Waals surface area (Å²) in [6, 6.07) is 48.1. The van der Waals surface area contributed by atoms with Crippen LogP contribution in [0.15, 0.2) is 280 Å². The van der Waals surface area contributed by atoms with Gasteiger partial charge in [-0.1, -0.05) is 164 Å². The van der Waals surface area contributed by atoms with Crippen molar-refractivity contribution < 1.29 is 99.6 Å². The number of nitrogens with one attached hydrogen (secondary N) is 1. The maximum absolute atomic E-state index is 14.6. The van der Waals surface area contributed by atoms with Gasteiger partial charge in [-0.2, -0.15) is 43.0 Å². The number of carbonyl (C=O) groups excluding carboxylic acids is 1. The van der Waals surface area contributed by atoms with Crippen LogP contribution in [0, 0.1) is 18.6 Å². The van der Waals surface area contributed by atoms with Gasteiger partial charge >= 0.3 is 60.8 Å². The molecule has 0 saturated carbocycles. The number of aliphatic hydroxyl groups is 1. The van der Waals surface area contributed by atoms with Crippen LogP contribution < -0.4 is 48.4 Å². The first kappa shape index (κ1) is 91.2. The van der Waals surface area contributed by atoms with E-state index in [0.717, 1.165) is 66.0 Å². The Morgan fingerprint density at radius 2 is 1.02 bits per heavy atom. The van der Waals surface area contributed by atoms with Gasteiger partial charge in [-0.15, -0.1) is 26.3 Å². The number of H-pyrrole nitrogens is 1. The first-order chi connectivity index (χ1) is 51.2. The number of ketones is 1. The number of aromatic nitrogens is 8. The molecule has 8 aromatic carbocycles. The van der Waals surface area contributed by atoms with Crippen molar-refractivity contribution in [1.82, 2.24) is 38.2 Å². The van der Waals surface area contributed by atoms with Gasteiger partial charge in [-0.3, -0.25) is 4.79 Å². The molecule has 0 spiro atoms. The first-order valence-corrected chi connectivity index (χ1v) is 38.3. The third-order valence-electron chi connectivity index (χ3n) is 16.2. The summed E-state index contributed by atoms with van der Waals surface area (Å²) in [6.45, 7) is 23.6. The molecule has 11 nitrogen and oxygen atoms in total. The van der Waals surface area contributed by atoms with E-state index in [0.29, 0.717) is 38.6 Å². The Bertz CT molecular complexity index is 5320. The number of fused-ring (bicyclic) bond motifs is 6. The molecule has 1 aliphatic heterocycles. The number of carbonyl (C=O) groups is 1. The Morgan fingerprint density at radius 3 is 1.51 bits per heavy atom. The fraction of sp³-hybridized carbons (Fsp3) is 0.171. The number of rotatable bonds is 13. The van der Waals surface area contributed by atoms with Crippen molar-refractivity contribution in [3.63, 3.8) is 0 Å². The zero-order valence-corrected chi connectivity index (χ0v) is 71.2. The van der Waals surface area contributed by atoms with Crippen LogP contribution >= 0.6 is 95.6 Å². The standard InChI is InChI=1S/C26H18BrF4N3O.C13H9BrF3NO.C13H8BrFN2.C11H10BrN.C8H6BrN.C4H8O.C4H9.C3H5Br.Li.Na.H/c1-2-11-33-15-22(21-9-4-18(27)13-24(21)33)25(35,26(29,30)31)17-3-10-23-16(12-17)14-32-34(23)20-7-5-19(28)6-8-20;1-2-5-18-7-10(12(19)13(15,16)17)9-4-3-8(14)6-11(9)18;14-10-1-6-13-9(7-10)8-16-17(13)12-4-2-11(15)3-5-12;1-2-6-13-7-5-9-3-4-10(12)8-11(9)13;9-7-2-1-6-3-4-10-8(6)5-7;1-2-4-5-3-1;1-3-4-2;1-2-3-4;;;/h2-10,12-15,35H,1,11H2;2-4,6-7H,1,5H2;1-8H;2-5,7-8H,1,6H2;1-5,10H;1-4H2;1,3-4H2,2H3;2H,1,3H2;;;/q;;;;;;-1;;2*+1;-1. The van der Waals surface area contributed by atoms with Gasteiger partial charge in [0.1, 0.15) is 11.6 Å². The molecule has 1 fully saturated rings. The third-order valence-corrected chi connectivity index (χ3v) is 19.1. The maximum Gasteiger partial charge on any atom is 1.00 e. The molecule has 14 aromatic rings. The third kappa shape index (κ3) is 24.2. The Balaban J connectivity index is 0.000000248. The van der Waals surface area contributed by atoms with Gasteiger partial charge in [0.15, 0.2) is 0 Å². The number of halogens is 14. The molecular weight excluding hydrogens is 1810 g/mol. The van der Waals surface area contributed by atoms with E-state index in [4.69, 9.17) is 4.74 Å². The van der Waals surface area contributed by atoms with E-state index in [-0.39, 0.29) is 89.7 Å². The van der Waals surface area contributed by atoms with E-state index >= 15 is 0 Å². The monoisotopic (exact) mass is 1870 g/mol. The Kier molecular flexibility index (Phi) is 36.3. The van der Waals surface area contributed by atoms with Crippen molar-refractivity contribution in [2.24, 2.45) is 0 Å². The molecule has 27 heteroatoms. The summed E-state index contributed by atoms with van der Waals surface area (Å²) in [4.78, 5) is 14.5. The average Bonchev–Trinajstić information content (AvgIpc) is 1.56. The fourth-order valence-corrected chi connectivity index (χ4v) is 12.8. The van der Waals surface area contributed by atoms with E-state index in [9.17, 15) is 45.0 Å². The molecule has 0 amide bonds. The number of allylic oxidation sites excluding steroid dienone is 4. The van der Waals surface area contributed by atoms with E-state index in [1.54, 1.807) is 80.7 Å². The summed E-state index contributed by atoms with van der Waals surface area (Å²) < 4.78 is 126. The Morgan fingerprint density at radius 1 is 0.569 bits per heavy atom. The molecule has 109 heavy (non-hydrogen) atoms. The van der Waals surface area contributed by atoms with Crippen LogP contribution in [0.25, 0.3) is 76.8 Å². The van der Waals surface area contributed by atoms with E-state index < -0.39 is 29.6 Å². The fourth-order valence-electron chi connectivity index (χ4n) is 11.0. The van der Waals surface area contributed by atoms with Crippen LogP contribution in [0.4, 0.5) is 35.1 Å². The van der Waals surface area contributed by atoms with Crippen LogP contribution in [-0.4, -0.2) is 80.0 Å². The van der Waals surface area contributed by atoms with Gasteiger partial charge in [-0.25, -0.2) is 18.1 Å². The molecule has 1 saturated heterocycles. The largest absolute Gasteiger partial charge is 1.00 e. The van der Waals surface area contributed by atoms with Crippen molar-refractivity contribution in [3.05, 3.63) is 315 Å². The number of nitrogens with zero attached hydrogens (tertiary/aromatic N) is 7. The molecule has 0 bridgehead atoms. The minimum absolute atomic E-state index is 0. The van der Waals surface area contributed by atoms with Crippen molar-refractivity contribution in [1.29, 1.82) is 0 Å². The number of alkyl halides is 7. The van der Waals surface area contributed by atoms with Gasteiger partial charge in [0.05, 0.1) is 45.9 Å². The molecule has 15 rings (SSSR count). The van der Waals surface area contributed by atoms with Crippen molar-refractivity contribution >= 4 is 167 Å². The van der Waals surface area contributed by atoms with Crippen LogP contribution in [0.3, 0.4) is 0 Å². The number of unbranched alkanes of at least 4 members (excludes halogenated alkanes) is 1. The SMILES string of the molecule is Brc1ccc2cc[nH]c2c1.C1CCOC1.C=CCBr.C=CCn1cc(C(=O)C(F)(F)F)c2ccc(Br)cc21.C=CCn1cc(C(O)(c2ccc3c(cnn3-c3ccc(F)cc3)c2)C(F)(F)F)c2ccc(Br)cc21.C=CCn1ccc2ccc(Br)cc21.Fc1ccc(-n2ncc3cc(Br)ccc32)cc1.[CH2-]CCC.[H-].[Li+].[Na+]. The predicted octanol–water partition coefficient (Wildman–Crippen LogP) is 19.8. The van der Waals surface area contributed by atoms with Crippen molar-refractivity contribution in [2.45, 2.75) is 70.2 Å². The van der Waals surface area contributed by atoms with E-state index in [1.807, 2.05) is 36.5 Å². The molecule has 560 valence electrons. The molecule has 0 aliphatic carbocycles. The van der Waals surface area contributed by atoms with Crippen LogP contribution in [0.1, 0.15) is 55.5 Å². The Hall–Kier alpha value is -6.67. The number of benzene rings is 8. The summed E-state index contributed by atoms with van der Waals surface area (Å²) in [6.07, 6.45) is 11.5. The summed E-state index contributed by atoms with van der Waals surface area (Å²) in [7, 11) is 0. The summed E-state index contributed by atoms with van der Waals surface area (Å²) in [5.41, 5.74) is 2.20. The molecule has 6 aromatic heterocycles. The molecule has 1 aliphatic rings. The number of hydrogen-bond acceptors (Lipinski definition) is 5. The van der Waals surface area contributed by atoms with Gasteiger partial charge in [0.2, 0.25) is 5.60 Å². The molecule has 0 radical (unpaired) electrons. The minimum atomic E-state index is -5.02. The quantitative estimate of drug-likeness (QED) is 0.0298. The van der Waals surface area contributed by atoms with Crippen LogP contribution in [0.5, 0.6) is 0 Å². The smallest absolute Gasteiger partial charge is 1.00 e. The zero-order valence-electron chi connectivity index (χ0n) is 60.7. The molecule has 7 heterocycles. The normalized spacial score (nSPS) is 12.0. The van der Waals surface area contributed by atoms with E-state index in [2.05, 4.69) is 204 Å². The van der Waals surface area contributed by atoms with Gasteiger partial charge in [0.25, 0.3) is 5.78 Å². The second-order valence-electron chi connectivity index (χ2n) is 23.7. The first-order valence-electron chi connectivity index (χ1n) is 33.2. The number of ether oxygens (including phenoxy) is 1. The average molecular weight is 1880 g/mol. The van der Waals surface area contributed by atoms with Crippen molar-refractivity contribution in [3.8, 4) is 11.4 Å². The van der Waals surface area contributed by atoms with Gasteiger partial charge in [0, 0.05) is 129 Å². The van der Waals surface area contributed by atoms with Gasteiger partial charge in [-0.05, 0) is 169 Å². The summed E-state index contributed by atoms with van der Waals surface area (Å²) in [5.74, 6) is -2.49.